The highest BCUT2D eigenvalue weighted by molar-refractivity contribution is 7.97. The molecule has 1 saturated heterocycles. The van der Waals surface area contributed by atoms with Crippen LogP contribution in [0.25, 0.3) is 21.3 Å². The van der Waals surface area contributed by atoms with Crippen LogP contribution in [0.2, 0.25) is 0 Å². The molecular weight excluding hydrogens is 799 g/mol. The Morgan fingerprint density at radius 3 is 2.62 bits per heavy atom. The average Bonchev–Trinajstić information content (AvgIpc) is 3.97. The lowest BCUT2D eigenvalue weighted by Crippen LogP contribution is -2.39. The number of pyridine rings is 1. The molecule has 7 rings (SSSR count). The van der Waals surface area contributed by atoms with Crippen molar-refractivity contribution >= 4 is 73.8 Å². The van der Waals surface area contributed by atoms with Gasteiger partial charge in [0.05, 0.1) is 29.1 Å². The number of likely N-dealkylation sites (tertiary alicyclic amines) is 1. The summed E-state index contributed by atoms with van der Waals surface area (Å²) in [5.41, 5.74) is 7.71. The maximum atomic E-state index is 14.0. The van der Waals surface area contributed by atoms with Crippen molar-refractivity contribution in [3.63, 3.8) is 0 Å². The number of aliphatic hydroxyl groups is 1. The Bertz CT molecular complexity index is 2380. The van der Waals surface area contributed by atoms with Crippen LogP contribution in [0.3, 0.4) is 0 Å². The fourth-order valence-electron chi connectivity index (χ4n) is 7.21. The topological polar surface area (TPSA) is 183 Å². The van der Waals surface area contributed by atoms with Gasteiger partial charge in [-0.15, -0.1) is 15.9 Å². The van der Waals surface area contributed by atoms with Gasteiger partial charge in [0.25, 0.3) is 5.91 Å². The lowest BCUT2D eigenvalue weighted by atomic mass is 9.81. The molecular formula is C43H51N11O4S2. The normalized spacial score (nSPS) is 15.7. The molecule has 0 saturated carbocycles. The largest absolute Gasteiger partial charge is 0.391 e. The van der Waals surface area contributed by atoms with Crippen molar-refractivity contribution in [2.24, 2.45) is 5.41 Å². The highest BCUT2D eigenvalue weighted by Crippen LogP contribution is 2.35. The number of fused-ring (bicyclic) bond motifs is 1. The van der Waals surface area contributed by atoms with E-state index < -0.39 is 6.10 Å². The molecule has 3 amide bonds. The van der Waals surface area contributed by atoms with Crippen LogP contribution in [0.15, 0.2) is 66.5 Å². The molecule has 1 aliphatic carbocycles. The van der Waals surface area contributed by atoms with E-state index in [1.165, 1.54) is 11.9 Å². The van der Waals surface area contributed by atoms with E-state index in [4.69, 9.17) is 10.1 Å². The number of nitrogens with one attached hydrogen (secondary N) is 3. The number of hydrogen-bond donors (Lipinski definition) is 4. The standard InChI is InChI=1S/C43H51N11O4S2/c1-28-23-36(49-50-40(28)48-42-46-33-13-8-9-14-34(33)60-42)52(4)35-17-16-31(32-24-45-54(29(32)2)27-43(3)19-10-6-11-20-43)39(47-35)41(58)51-59-22-12-5-7-15-37(56)44-25-38(57)53-21-18-30(55)26-53/h8-11,13-14,16-17,23-24,30,55H,5,7,12,15,18-22,25-27H2,1-4H3,(H,44,56)(H,51,58)(H,46,48,50). The number of aryl methyl sites for hydroxylation is 1. The molecule has 2 aliphatic rings. The number of β-amino-alcohol motifs (C(OH)–C–C–N with tert-alkyl or cyclic N) is 1. The Balaban J connectivity index is 1.00. The predicted molar refractivity (Wildman–Crippen MR) is 237 cm³/mol. The van der Waals surface area contributed by atoms with E-state index in [9.17, 15) is 19.5 Å². The van der Waals surface area contributed by atoms with E-state index in [1.54, 1.807) is 21.1 Å². The highest BCUT2D eigenvalue weighted by Gasteiger charge is 2.28. The number of thiazole rings is 1. The molecule has 0 radical (unpaired) electrons. The van der Waals surface area contributed by atoms with E-state index >= 15 is 0 Å². The van der Waals surface area contributed by atoms with Crippen LogP contribution in [0.5, 0.6) is 0 Å². The van der Waals surface area contributed by atoms with E-state index in [0.29, 0.717) is 61.1 Å². The van der Waals surface area contributed by atoms with Crippen molar-refractivity contribution in [2.45, 2.75) is 78.4 Å². The molecule has 1 aliphatic heterocycles. The number of aromatic nitrogens is 6. The van der Waals surface area contributed by atoms with Gasteiger partial charge in [0.2, 0.25) is 11.8 Å². The molecule has 0 spiro atoms. The van der Waals surface area contributed by atoms with Gasteiger partial charge >= 0.3 is 0 Å². The van der Waals surface area contributed by atoms with Crippen LogP contribution in [0.4, 0.5) is 22.6 Å². The van der Waals surface area contributed by atoms with Gasteiger partial charge in [0.15, 0.2) is 16.8 Å². The van der Waals surface area contributed by atoms with Gasteiger partial charge in [0, 0.05) is 55.7 Å². The summed E-state index contributed by atoms with van der Waals surface area (Å²) < 4.78 is 6.09. The number of para-hydroxylation sites is 1. The van der Waals surface area contributed by atoms with Crippen LogP contribution in [0.1, 0.15) is 73.6 Å². The van der Waals surface area contributed by atoms with Crippen LogP contribution >= 0.6 is 23.3 Å². The first-order chi connectivity index (χ1) is 29.0. The second-order valence-electron chi connectivity index (χ2n) is 15.7. The number of nitrogens with zero attached hydrogens (tertiary/aromatic N) is 8. The van der Waals surface area contributed by atoms with E-state index in [0.717, 1.165) is 64.4 Å². The summed E-state index contributed by atoms with van der Waals surface area (Å²) in [5, 5.41) is 30.1. The molecule has 4 N–H and O–H groups in total. The molecule has 5 heterocycles. The lowest BCUT2D eigenvalue weighted by molar-refractivity contribution is -0.132. The van der Waals surface area contributed by atoms with Crippen LogP contribution in [0, 0.1) is 19.3 Å². The minimum atomic E-state index is -0.489. The molecule has 1 fully saturated rings. The third kappa shape index (κ3) is 10.4. The van der Waals surface area contributed by atoms with E-state index in [1.807, 2.05) is 74.2 Å². The molecule has 1 aromatic carbocycles. The van der Waals surface area contributed by atoms with Gasteiger partial charge in [-0.25, -0.2) is 9.97 Å². The SMILES string of the molecule is Cc1cc(N(C)c2ccc(-c3cnn(CC4(C)CC=C=CC4)c3C)c(C(=O)NSCCCCCC(=O)NCC(=O)N3CCC(O)C3)n2)nnc1Nc1nc2ccccc2s1. The zero-order valence-corrected chi connectivity index (χ0v) is 36.0. The number of carbonyl (C=O) groups excluding carboxylic acids is 3. The summed E-state index contributed by atoms with van der Waals surface area (Å²) in [6.07, 6.45) is 10.4. The number of carbonyl (C=O) groups is 3. The fraction of sp³-hybridized carbons (Fsp3) is 0.419. The van der Waals surface area contributed by atoms with Crippen LogP contribution in [-0.2, 0) is 16.1 Å². The first-order valence-electron chi connectivity index (χ1n) is 20.2. The van der Waals surface area contributed by atoms with Crippen molar-refractivity contribution in [3.05, 3.63) is 83.5 Å². The number of aliphatic hydroxyl groups excluding tert-OH is 1. The van der Waals surface area contributed by atoms with E-state index in [2.05, 4.69) is 55.3 Å². The Hall–Kier alpha value is -5.61. The molecule has 0 bridgehead atoms. The number of allylic oxidation sites excluding steroid dienone is 1. The van der Waals surface area contributed by atoms with Gasteiger partial charge in [0.1, 0.15) is 11.5 Å². The lowest BCUT2D eigenvalue weighted by Gasteiger charge is -2.28. The molecule has 60 heavy (non-hydrogen) atoms. The minimum Gasteiger partial charge on any atom is -0.391 e. The Morgan fingerprint density at radius 2 is 1.85 bits per heavy atom. The van der Waals surface area contributed by atoms with Crippen molar-refractivity contribution in [1.82, 2.24) is 44.9 Å². The summed E-state index contributed by atoms with van der Waals surface area (Å²) in [6.45, 7) is 7.73. The van der Waals surface area contributed by atoms with Crippen LogP contribution in [-0.4, -0.2) is 96.2 Å². The van der Waals surface area contributed by atoms with Crippen molar-refractivity contribution in [3.8, 4) is 11.1 Å². The predicted octanol–water partition coefficient (Wildman–Crippen LogP) is 6.63. The third-order valence-electron chi connectivity index (χ3n) is 10.9. The van der Waals surface area contributed by atoms with Gasteiger partial charge in [-0.1, -0.05) is 48.8 Å². The number of benzene rings is 1. The Kier molecular flexibility index (Phi) is 13.6. The maximum Gasteiger partial charge on any atom is 0.280 e. The first-order valence-corrected chi connectivity index (χ1v) is 22.0. The number of unbranched alkanes of at least 4 members (excludes halogenated alkanes) is 2. The van der Waals surface area contributed by atoms with Crippen molar-refractivity contribution in [1.29, 1.82) is 0 Å². The number of rotatable bonds is 17. The molecule has 15 nitrogen and oxygen atoms in total. The Morgan fingerprint density at radius 1 is 1.03 bits per heavy atom. The zero-order valence-electron chi connectivity index (χ0n) is 34.4. The summed E-state index contributed by atoms with van der Waals surface area (Å²) in [5.74, 6) is 1.63. The fourth-order valence-corrected chi connectivity index (χ4v) is 8.75. The van der Waals surface area contributed by atoms with Crippen molar-refractivity contribution in [2.75, 3.05) is 42.7 Å². The maximum absolute atomic E-state index is 14.0. The van der Waals surface area contributed by atoms with Gasteiger partial charge in [-0.3, -0.25) is 23.8 Å². The molecule has 17 heteroatoms. The van der Waals surface area contributed by atoms with Gasteiger partial charge < -0.3 is 25.5 Å². The summed E-state index contributed by atoms with van der Waals surface area (Å²) in [6, 6.07) is 13.7. The third-order valence-corrected chi connectivity index (χ3v) is 12.7. The first kappa shape index (κ1) is 42.5. The van der Waals surface area contributed by atoms with Crippen LogP contribution < -0.4 is 20.3 Å². The second-order valence-corrected chi connectivity index (χ2v) is 17.6. The number of hydrogen-bond acceptors (Lipinski definition) is 13. The molecule has 1 unspecified atom stereocenters. The Labute approximate surface area is 357 Å². The van der Waals surface area contributed by atoms with Gasteiger partial charge in [-0.2, -0.15) is 5.10 Å². The molecule has 5 aromatic rings. The number of anilines is 4. The summed E-state index contributed by atoms with van der Waals surface area (Å²) in [4.78, 5) is 51.5. The quantitative estimate of drug-likeness (QED) is 0.0446. The zero-order chi connectivity index (χ0) is 42.2. The molecule has 314 valence electrons. The molecule has 4 aromatic heterocycles. The average molecular weight is 850 g/mol. The van der Waals surface area contributed by atoms with E-state index in [-0.39, 0.29) is 35.4 Å². The highest BCUT2D eigenvalue weighted by atomic mass is 32.2. The van der Waals surface area contributed by atoms with Crippen molar-refractivity contribution < 1.29 is 19.5 Å². The second kappa shape index (κ2) is 19.2. The minimum absolute atomic E-state index is 0.0149. The van der Waals surface area contributed by atoms with Gasteiger partial charge in [-0.05, 0) is 99.4 Å². The monoisotopic (exact) mass is 849 g/mol. The smallest absolute Gasteiger partial charge is 0.280 e. The molecule has 1 atom stereocenters. The summed E-state index contributed by atoms with van der Waals surface area (Å²) >= 11 is 2.85. The summed E-state index contributed by atoms with van der Waals surface area (Å²) in [7, 11) is 1.84. The number of amides is 3.